The summed E-state index contributed by atoms with van der Waals surface area (Å²) in [5, 5.41) is 2.51. The lowest BCUT2D eigenvalue weighted by atomic mass is 10.2. The number of carbonyl (C=O) groups is 1. The van der Waals surface area contributed by atoms with Gasteiger partial charge in [0, 0.05) is 5.02 Å². The highest BCUT2D eigenvalue weighted by atomic mass is 35.5. The number of para-hydroxylation sites is 3. The molecule has 31 heavy (non-hydrogen) atoms. The van der Waals surface area contributed by atoms with Crippen LogP contribution < -0.4 is 14.4 Å². The normalized spacial score (nSPS) is 15.7. The third-order valence-corrected chi connectivity index (χ3v) is 6.69. The van der Waals surface area contributed by atoms with E-state index in [0.29, 0.717) is 5.02 Å². The molecular formula is C21H15ClF2N2O4S. The van der Waals surface area contributed by atoms with Crippen molar-refractivity contribution in [1.29, 1.82) is 0 Å². The molecule has 0 unspecified atom stereocenters. The van der Waals surface area contributed by atoms with Gasteiger partial charge in [-0.3, -0.25) is 9.10 Å². The number of nitrogens with zero attached hydrogens (tertiary/aromatic N) is 1. The highest BCUT2D eigenvalue weighted by Crippen LogP contribution is 2.37. The van der Waals surface area contributed by atoms with E-state index in [4.69, 9.17) is 16.3 Å². The Morgan fingerprint density at radius 3 is 2.32 bits per heavy atom. The minimum absolute atomic E-state index is 0.0343. The Bertz CT molecular complexity index is 1230. The quantitative estimate of drug-likeness (QED) is 0.627. The van der Waals surface area contributed by atoms with Crippen molar-refractivity contribution < 1.29 is 26.7 Å². The molecule has 10 heteroatoms. The fourth-order valence-electron chi connectivity index (χ4n) is 3.12. The van der Waals surface area contributed by atoms with E-state index in [0.717, 1.165) is 22.5 Å². The van der Waals surface area contributed by atoms with Crippen LogP contribution in [0.2, 0.25) is 5.02 Å². The first kappa shape index (κ1) is 21.1. The Balaban J connectivity index is 1.69. The maximum absolute atomic E-state index is 13.9. The molecule has 0 spiro atoms. The Labute approximate surface area is 182 Å². The van der Waals surface area contributed by atoms with Crippen molar-refractivity contribution in [3.05, 3.63) is 83.4 Å². The number of rotatable bonds is 4. The van der Waals surface area contributed by atoms with Crippen LogP contribution in [0.3, 0.4) is 0 Å². The number of hydrogen-bond acceptors (Lipinski definition) is 4. The molecule has 0 aromatic heterocycles. The number of halogens is 3. The van der Waals surface area contributed by atoms with Crippen LogP contribution in [0.4, 0.5) is 20.2 Å². The molecular weight excluding hydrogens is 450 g/mol. The topological polar surface area (TPSA) is 75.7 Å². The summed E-state index contributed by atoms with van der Waals surface area (Å²) in [6.07, 6.45) is -1.35. The van der Waals surface area contributed by atoms with Crippen LogP contribution >= 0.6 is 11.6 Å². The number of ether oxygens (including phenoxy) is 1. The molecule has 4 rings (SSSR count). The van der Waals surface area contributed by atoms with E-state index in [9.17, 15) is 22.0 Å². The molecule has 1 amide bonds. The van der Waals surface area contributed by atoms with Crippen molar-refractivity contribution in [3.63, 3.8) is 0 Å². The van der Waals surface area contributed by atoms with E-state index in [2.05, 4.69) is 5.32 Å². The number of hydrogen-bond donors (Lipinski definition) is 1. The number of benzene rings is 3. The molecule has 6 nitrogen and oxygen atoms in total. The van der Waals surface area contributed by atoms with E-state index >= 15 is 0 Å². The SMILES string of the molecule is O=C(Nc1c(F)cccc1F)[C@@H]1CN(S(=O)(=O)c2ccc(Cl)cc2)c2ccccc2O1. The number of nitrogens with one attached hydrogen (secondary N) is 1. The average Bonchev–Trinajstić information content (AvgIpc) is 2.75. The van der Waals surface area contributed by atoms with Crippen molar-refractivity contribution in [2.24, 2.45) is 0 Å². The summed E-state index contributed by atoms with van der Waals surface area (Å²) < 4.78 is 61.1. The van der Waals surface area contributed by atoms with Crippen LogP contribution in [-0.4, -0.2) is 27.0 Å². The van der Waals surface area contributed by atoms with Crippen molar-refractivity contribution in [1.82, 2.24) is 0 Å². The Kier molecular flexibility index (Phi) is 5.55. The van der Waals surface area contributed by atoms with E-state index in [1.807, 2.05) is 0 Å². The molecule has 1 aliphatic rings. The van der Waals surface area contributed by atoms with Gasteiger partial charge in [-0.1, -0.05) is 29.8 Å². The van der Waals surface area contributed by atoms with Gasteiger partial charge in [0.15, 0.2) is 6.10 Å². The zero-order chi connectivity index (χ0) is 22.2. The second-order valence-electron chi connectivity index (χ2n) is 6.65. The smallest absolute Gasteiger partial charge is 0.267 e. The van der Waals surface area contributed by atoms with Gasteiger partial charge < -0.3 is 10.1 Å². The average molecular weight is 465 g/mol. The highest BCUT2D eigenvalue weighted by Gasteiger charge is 2.37. The predicted molar refractivity (Wildman–Crippen MR) is 112 cm³/mol. The molecule has 0 bridgehead atoms. The molecule has 3 aromatic carbocycles. The lowest BCUT2D eigenvalue weighted by Gasteiger charge is -2.34. The highest BCUT2D eigenvalue weighted by molar-refractivity contribution is 7.92. The van der Waals surface area contributed by atoms with Crippen molar-refractivity contribution in [3.8, 4) is 5.75 Å². The molecule has 0 saturated carbocycles. The number of anilines is 2. The van der Waals surface area contributed by atoms with Gasteiger partial charge in [0.05, 0.1) is 17.1 Å². The first-order valence-electron chi connectivity index (χ1n) is 9.06. The number of sulfonamides is 1. The summed E-state index contributed by atoms with van der Waals surface area (Å²) in [6.45, 7) is -0.399. The van der Waals surface area contributed by atoms with E-state index < -0.39 is 45.9 Å². The molecule has 0 aliphatic carbocycles. The summed E-state index contributed by atoms with van der Waals surface area (Å²) in [6, 6.07) is 15.0. The summed E-state index contributed by atoms with van der Waals surface area (Å²) in [5.41, 5.74) is -0.402. The summed E-state index contributed by atoms with van der Waals surface area (Å²) >= 11 is 5.85. The summed E-state index contributed by atoms with van der Waals surface area (Å²) in [5.74, 6) is -2.68. The van der Waals surface area contributed by atoms with Gasteiger partial charge in [0.25, 0.3) is 15.9 Å². The molecule has 160 valence electrons. The number of carbonyl (C=O) groups excluding carboxylic acids is 1. The van der Waals surface area contributed by atoms with Gasteiger partial charge in [0.1, 0.15) is 23.1 Å². The van der Waals surface area contributed by atoms with Gasteiger partial charge in [-0.2, -0.15) is 0 Å². The maximum atomic E-state index is 13.9. The van der Waals surface area contributed by atoms with Gasteiger partial charge in [-0.15, -0.1) is 0 Å². The minimum atomic E-state index is -4.08. The van der Waals surface area contributed by atoms with Gasteiger partial charge >= 0.3 is 0 Å². The fraction of sp³-hybridized carbons (Fsp3) is 0.0952. The third kappa shape index (κ3) is 4.06. The Morgan fingerprint density at radius 2 is 1.65 bits per heavy atom. The summed E-state index contributed by atoms with van der Waals surface area (Å²) in [7, 11) is -4.08. The lowest BCUT2D eigenvalue weighted by Crippen LogP contribution is -2.49. The van der Waals surface area contributed by atoms with Crippen molar-refractivity contribution >= 4 is 38.9 Å². The number of amides is 1. The fourth-order valence-corrected chi connectivity index (χ4v) is 4.72. The molecule has 3 aromatic rings. The molecule has 0 fully saturated rings. The van der Waals surface area contributed by atoms with Crippen LogP contribution in [0.1, 0.15) is 0 Å². The van der Waals surface area contributed by atoms with Crippen molar-refractivity contribution in [2.45, 2.75) is 11.0 Å². The van der Waals surface area contributed by atoms with E-state index in [-0.39, 0.29) is 16.3 Å². The Morgan fingerprint density at radius 1 is 1.00 bits per heavy atom. The Hall–Kier alpha value is -3.17. The van der Waals surface area contributed by atoms with E-state index in [1.165, 1.54) is 36.4 Å². The molecule has 1 N–H and O–H groups in total. The standard InChI is InChI=1S/C21H15ClF2N2O4S/c22-13-8-10-14(11-9-13)31(28,29)26-12-19(30-18-7-2-1-6-17(18)26)21(27)25-20-15(23)4-3-5-16(20)24/h1-11,19H,12H2,(H,25,27)/t19-/m0/s1. The van der Waals surface area contributed by atoms with Crippen LogP contribution in [0.5, 0.6) is 5.75 Å². The second-order valence-corrected chi connectivity index (χ2v) is 8.95. The third-order valence-electron chi connectivity index (χ3n) is 4.64. The van der Waals surface area contributed by atoms with Gasteiger partial charge in [0.2, 0.25) is 0 Å². The van der Waals surface area contributed by atoms with Crippen molar-refractivity contribution in [2.75, 3.05) is 16.2 Å². The summed E-state index contributed by atoms with van der Waals surface area (Å²) in [4.78, 5) is 12.7. The molecule has 0 radical (unpaired) electrons. The number of fused-ring (bicyclic) bond motifs is 1. The maximum Gasteiger partial charge on any atom is 0.267 e. The molecule has 1 aliphatic heterocycles. The van der Waals surface area contributed by atoms with Crippen LogP contribution in [0.15, 0.2) is 71.6 Å². The largest absolute Gasteiger partial charge is 0.476 e. The molecule has 0 saturated heterocycles. The monoisotopic (exact) mass is 464 g/mol. The van der Waals surface area contributed by atoms with Crippen LogP contribution in [0.25, 0.3) is 0 Å². The predicted octanol–water partition coefficient (Wildman–Crippen LogP) is 4.21. The first-order valence-corrected chi connectivity index (χ1v) is 10.9. The van der Waals surface area contributed by atoms with Gasteiger partial charge in [-0.05, 0) is 48.5 Å². The minimum Gasteiger partial charge on any atom is -0.476 e. The zero-order valence-corrected chi connectivity index (χ0v) is 17.3. The van der Waals surface area contributed by atoms with E-state index in [1.54, 1.807) is 12.1 Å². The zero-order valence-electron chi connectivity index (χ0n) is 15.8. The molecule has 1 heterocycles. The second kappa shape index (κ2) is 8.16. The van der Waals surface area contributed by atoms with Gasteiger partial charge in [-0.25, -0.2) is 17.2 Å². The molecule has 1 atom stereocenters. The van der Waals surface area contributed by atoms with Crippen LogP contribution in [-0.2, 0) is 14.8 Å². The lowest BCUT2D eigenvalue weighted by molar-refractivity contribution is -0.122. The van der Waals surface area contributed by atoms with Crippen LogP contribution in [0, 0.1) is 11.6 Å². The first-order chi connectivity index (χ1) is 14.8.